The van der Waals surface area contributed by atoms with Crippen molar-refractivity contribution in [2.24, 2.45) is 0 Å². The molecule has 0 aliphatic rings. The first-order valence-corrected chi connectivity index (χ1v) is 4.87. The average Bonchev–Trinajstić information content (AvgIpc) is 2.59. The first-order valence-electron chi connectivity index (χ1n) is 4.87. The standard InChI is InChI=1S/C9H15N3O3/c1-7(13)4-5-12-6-8(10-11-12)2-3-9(14)15/h6-7,13H,2-5H2,1H3,(H,14,15). The van der Waals surface area contributed by atoms with Gasteiger partial charge in [-0.05, 0) is 13.3 Å². The lowest BCUT2D eigenvalue weighted by Crippen LogP contribution is -2.07. The van der Waals surface area contributed by atoms with Gasteiger partial charge in [-0.3, -0.25) is 9.48 Å². The van der Waals surface area contributed by atoms with E-state index in [4.69, 9.17) is 10.2 Å². The van der Waals surface area contributed by atoms with Crippen LogP contribution in [0.4, 0.5) is 0 Å². The zero-order valence-corrected chi connectivity index (χ0v) is 8.63. The number of aliphatic carboxylic acids is 1. The second-order valence-corrected chi connectivity index (χ2v) is 3.50. The van der Waals surface area contributed by atoms with Crippen molar-refractivity contribution in [3.63, 3.8) is 0 Å². The van der Waals surface area contributed by atoms with Gasteiger partial charge in [0, 0.05) is 19.2 Å². The van der Waals surface area contributed by atoms with E-state index in [0.29, 0.717) is 25.1 Å². The van der Waals surface area contributed by atoms with Crippen LogP contribution in [-0.4, -0.2) is 37.3 Å². The normalized spacial score (nSPS) is 12.7. The minimum atomic E-state index is -0.839. The first kappa shape index (κ1) is 11.6. The van der Waals surface area contributed by atoms with Crippen LogP contribution in [0.5, 0.6) is 0 Å². The van der Waals surface area contributed by atoms with Gasteiger partial charge in [-0.25, -0.2) is 0 Å². The van der Waals surface area contributed by atoms with Crippen molar-refractivity contribution >= 4 is 5.97 Å². The smallest absolute Gasteiger partial charge is 0.303 e. The van der Waals surface area contributed by atoms with Crippen LogP contribution >= 0.6 is 0 Å². The second kappa shape index (κ2) is 5.45. The predicted molar refractivity (Wildman–Crippen MR) is 52.3 cm³/mol. The molecule has 0 aromatic carbocycles. The van der Waals surface area contributed by atoms with Crippen molar-refractivity contribution in [2.75, 3.05) is 0 Å². The van der Waals surface area contributed by atoms with Crippen LogP contribution in [0.25, 0.3) is 0 Å². The van der Waals surface area contributed by atoms with Gasteiger partial charge in [-0.15, -0.1) is 5.10 Å². The molecule has 1 atom stereocenters. The van der Waals surface area contributed by atoms with Gasteiger partial charge in [0.05, 0.1) is 18.2 Å². The highest BCUT2D eigenvalue weighted by Gasteiger charge is 2.04. The maximum absolute atomic E-state index is 10.3. The van der Waals surface area contributed by atoms with Crippen LogP contribution < -0.4 is 0 Å². The van der Waals surface area contributed by atoms with E-state index < -0.39 is 5.97 Å². The number of carboxylic acid groups (broad SMARTS) is 1. The summed E-state index contributed by atoms with van der Waals surface area (Å²) in [4.78, 5) is 10.3. The molecule has 0 amide bonds. The van der Waals surface area contributed by atoms with Gasteiger partial charge in [0.2, 0.25) is 0 Å². The van der Waals surface area contributed by atoms with E-state index in [-0.39, 0.29) is 12.5 Å². The van der Waals surface area contributed by atoms with E-state index in [0.717, 1.165) is 0 Å². The number of aliphatic hydroxyl groups is 1. The van der Waals surface area contributed by atoms with Gasteiger partial charge >= 0.3 is 5.97 Å². The number of aryl methyl sites for hydroxylation is 2. The molecule has 0 fully saturated rings. The highest BCUT2D eigenvalue weighted by atomic mass is 16.4. The molecule has 0 saturated carbocycles. The highest BCUT2D eigenvalue weighted by Crippen LogP contribution is 2.00. The lowest BCUT2D eigenvalue weighted by atomic mass is 10.2. The molecule has 1 heterocycles. The number of hydrogen-bond donors (Lipinski definition) is 2. The van der Waals surface area contributed by atoms with E-state index >= 15 is 0 Å². The highest BCUT2D eigenvalue weighted by molar-refractivity contribution is 5.66. The molecule has 1 aromatic heterocycles. The van der Waals surface area contributed by atoms with Gasteiger partial charge in [0.25, 0.3) is 0 Å². The monoisotopic (exact) mass is 213 g/mol. The molecule has 15 heavy (non-hydrogen) atoms. The number of carboxylic acids is 1. The van der Waals surface area contributed by atoms with Crippen molar-refractivity contribution in [3.05, 3.63) is 11.9 Å². The molecule has 0 radical (unpaired) electrons. The third kappa shape index (κ3) is 4.55. The SMILES string of the molecule is CC(O)CCn1cc(CCC(=O)O)nn1. The first-order chi connectivity index (χ1) is 7.08. The lowest BCUT2D eigenvalue weighted by Gasteiger charge is -2.02. The second-order valence-electron chi connectivity index (χ2n) is 3.50. The minimum Gasteiger partial charge on any atom is -0.481 e. The van der Waals surface area contributed by atoms with E-state index in [2.05, 4.69) is 10.3 Å². The predicted octanol–water partition coefficient (Wildman–Crippen LogP) is 0.0662. The molecule has 0 aliphatic carbocycles. The Balaban J connectivity index is 2.38. The minimum absolute atomic E-state index is 0.0646. The maximum atomic E-state index is 10.3. The molecule has 6 heteroatoms. The largest absolute Gasteiger partial charge is 0.481 e. The maximum Gasteiger partial charge on any atom is 0.303 e. The molecule has 0 saturated heterocycles. The number of carbonyl (C=O) groups is 1. The summed E-state index contributed by atoms with van der Waals surface area (Å²) >= 11 is 0. The van der Waals surface area contributed by atoms with Gasteiger partial charge in [0.15, 0.2) is 0 Å². The van der Waals surface area contributed by atoms with Crippen molar-refractivity contribution in [2.45, 2.75) is 38.8 Å². The zero-order chi connectivity index (χ0) is 11.3. The van der Waals surface area contributed by atoms with Gasteiger partial charge in [-0.2, -0.15) is 0 Å². The van der Waals surface area contributed by atoms with Crippen LogP contribution in [0, 0.1) is 0 Å². The Hall–Kier alpha value is -1.43. The van der Waals surface area contributed by atoms with Crippen molar-refractivity contribution in [1.82, 2.24) is 15.0 Å². The molecule has 0 aliphatic heterocycles. The van der Waals surface area contributed by atoms with Gasteiger partial charge in [-0.1, -0.05) is 5.21 Å². The third-order valence-electron chi connectivity index (χ3n) is 1.96. The van der Waals surface area contributed by atoms with Crippen molar-refractivity contribution in [3.8, 4) is 0 Å². The summed E-state index contributed by atoms with van der Waals surface area (Å²) in [6, 6.07) is 0. The Morgan fingerprint density at radius 1 is 1.67 bits per heavy atom. The Kier molecular flexibility index (Phi) is 4.23. The molecule has 84 valence electrons. The molecule has 0 spiro atoms. The lowest BCUT2D eigenvalue weighted by molar-refractivity contribution is -0.136. The Morgan fingerprint density at radius 2 is 2.40 bits per heavy atom. The molecule has 0 bridgehead atoms. The van der Waals surface area contributed by atoms with Crippen molar-refractivity contribution in [1.29, 1.82) is 0 Å². The fraction of sp³-hybridized carbons (Fsp3) is 0.667. The summed E-state index contributed by atoms with van der Waals surface area (Å²) in [6.07, 6.45) is 2.42. The number of nitrogens with zero attached hydrogens (tertiary/aromatic N) is 3. The fourth-order valence-corrected chi connectivity index (χ4v) is 1.12. The van der Waals surface area contributed by atoms with E-state index in [1.165, 1.54) is 0 Å². The van der Waals surface area contributed by atoms with Gasteiger partial charge < -0.3 is 10.2 Å². The molecule has 1 rings (SSSR count). The summed E-state index contributed by atoms with van der Waals surface area (Å²) in [6.45, 7) is 2.31. The third-order valence-corrected chi connectivity index (χ3v) is 1.96. The van der Waals surface area contributed by atoms with E-state index in [9.17, 15) is 4.79 Å². The Labute approximate surface area is 87.5 Å². The molecule has 1 aromatic rings. The number of aromatic nitrogens is 3. The number of aliphatic hydroxyl groups excluding tert-OH is 1. The molecular weight excluding hydrogens is 198 g/mol. The summed E-state index contributed by atoms with van der Waals surface area (Å²) < 4.78 is 1.61. The van der Waals surface area contributed by atoms with Crippen LogP contribution in [-0.2, 0) is 17.8 Å². The Morgan fingerprint density at radius 3 is 3.00 bits per heavy atom. The van der Waals surface area contributed by atoms with Crippen LogP contribution in [0.3, 0.4) is 0 Å². The molecule has 2 N–H and O–H groups in total. The summed E-state index contributed by atoms with van der Waals surface area (Å²) in [7, 11) is 0. The molecular formula is C9H15N3O3. The average molecular weight is 213 g/mol. The Bertz CT molecular complexity index is 322. The zero-order valence-electron chi connectivity index (χ0n) is 8.63. The van der Waals surface area contributed by atoms with Crippen molar-refractivity contribution < 1.29 is 15.0 Å². The molecule has 1 unspecified atom stereocenters. The van der Waals surface area contributed by atoms with E-state index in [1.807, 2.05) is 0 Å². The number of rotatable bonds is 6. The summed E-state index contributed by atoms with van der Waals surface area (Å²) in [5, 5.41) is 25.2. The fourth-order valence-electron chi connectivity index (χ4n) is 1.12. The topological polar surface area (TPSA) is 88.2 Å². The van der Waals surface area contributed by atoms with Crippen LogP contribution in [0.1, 0.15) is 25.5 Å². The van der Waals surface area contributed by atoms with Crippen LogP contribution in [0.2, 0.25) is 0 Å². The van der Waals surface area contributed by atoms with E-state index in [1.54, 1.807) is 17.8 Å². The molecule has 6 nitrogen and oxygen atoms in total. The summed E-state index contributed by atoms with van der Waals surface area (Å²) in [5.74, 6) is -0.839. The van der Waals surface area contributed by atoms with Crippen LogP contribution in [0.15, 0.2) is 6.20 Å². The van der Waals surface area contributed by atoms with Gasteiger partial charge in [0.1, 0.15) is 0 Å². The summed E-state index contributed by atoms with van der Waals surface area (Å²) in [5.41, 5.74) is 0.669. The quantitative estimate of drug-likeness (QED) is 0.698. The number of hydrogen-bond acceptors (Lipinski definition) is 4.